The highest BCUT2D eigenvalue weighted by atomic mass is 35.5. The molecule has 3 aromatic heterocycles. The first kappa shape index (κ1) is 36.0. The molecule has 0 aliphatic carbocycles. The molecule has 14 heteroatoms. The van der Waals surface area contributed by atoms with Crippen molar-refractivity contribution >= 4 is 35.1 Å². The standard InChI is InChI=1S/C35H38Cl2N6O6/c1-47-29-15-21(17-40-28(29)19-41-27(12-14-44)35(46)49-3)33-32(37)24(11-13-39-33)23-5-4-6-25(31(23)36)26-9-7-20(34(43-26)48-2)16-38-18-22-8-10-30(45)42-22/h4-7,9,11,13,15,17,22,27,38,41,44H,8,10,12,14,16,18-19H2,1-3H3,(H,42,45)/t22-,27+/m1/s1. The Balaban J connectivity index is 1.38. The molecule has 12 nitrogen and oxygen atoms in total. The predicted molar refractivity (Wildman–Crippen MR) is 186 cm³/mol. The summed E-state index contributed by atoms with van der Waals surface area (Å²) in [7, 11) is 4.39. The van der Waals surface area contributed by atoms with Crippen molar-refractivity contribution in [3.05, 3.63) is 76.2 Å². The third-order valence-corrected chi connectivity index (χ3v) is 9.01. The van der Waals surface area contributed by atoms with E-state index in [1.54, 1.807) is 31.6 Å². The summed E-state index contributed by atoms with van der Waals surface area (Å²) in [5, 5.41) is 19.5. The van der Waals surface area contributed by atoms with Crippen LogP contribution in [0.2, 0.25) is 10.0 Å². The largest absolute Gasteiger partial charge is 0.495 e. The van der Waals surface area contributed by atoms with E-state index >= 15 is 0 Å². The zero-order valence-electron chi connectivity index (χ0n) is 27.4. The topological polar surface area (TPSA) is 157 Å². The number of halogens is 2. The van der Waals surface area contributed by atoms with Crippen LogP contribution in [0.15, 0.2) is 54.9 Å². The quantitative estimate of drug-likeness (QED) is 0.128. The second kappa shape index (κ2) is 16.9. The van der Waals surface area contributed by atoms with Gasteiger partial charge < -0.3 is 30.0 Å². The Bertz CT molecular complexity index is 1810. The van der Waals surface area contributed by atoms with Gasteiger partial charge in [-0.15, -0.1) is 0 Å². The highest BCUT2D eigenvalue weighted by molar-refractivity contribution is 6.39. The molecular formula is C35H38Cl2N6O6. The minimum Gasteiger partial charge on any atom is -0.495 e. The van der Waals surface area contributed by atoms with Crippen LogP contribution in [0.5, 0.6) is 11.6 Å². The Morgan fingerprint density at radius 3 is 2.55 bits per heavy atom. The number of carbonyl (C=O) groups is 2. The molecule has 0 spiro atoms. The molecule has 1 aliphatic heterocycles. The first-order chi connectivity index (χ1) is 23.8. The van der Waals surface area contributed by atoms with E-state index in [-0.39, 0.29) is 31.5 Å². The van der Waals surface area contributed by atoms with E-state index in [1.807, 2.05) is 30.3 Å². The number of aliphatic hydroxyl groups excluding tert-OH is 1. The molecule has 4 N–H and O–H groups in total. The number of nitrogens with zero attached hydrogens (tertiary/aromatic N) is 3. The molecule has 4 aromatic rings. The van der Waals surface area contributed by atoms with Crippen LogP contribution >= 0.6 is 23.2 Å². The Hall–Kier alpha value is -4.33. The lowest BCUT2D eigenvalue weighted by Gasteiger charge is -2.17. The summed E-state index contributed by atoms with van der Waals surface area (Å²) < 4.78 is 16.0. The van der Waals surface area contributed by atoms with Gasteiger partial charge in [-0.05, 0) is 31.0 Å². The number of rotatable bonds is 15. The molecule has 1 aliphatic rings. The number of aliphatic hydroxyl groups is 1. The van der Waals surface area contributed by atoms with Gasteiger partial charge in [0.05, 0.1) is 48.5 Å². The molecule has 0 radical (unpaired) electrons. The van der Waals surface area contributed by atoms with Crippen molar-refractivity contribution in [2.45, 2.75) is 44.4 Å². The van der Waals surface area contributed by atoms with Crippen LogP contribution in [0, 0.1) is 0 Å². The van der Waals surface area contributed by atoms with Crippen molar-refractivity contribution in [3.63, 3.8) is 0 Å². The van der Waals surface area contributed by atoms with E-state index in [0.29, 0.717) is 80.5 Å². The number of esters is 1. The molecule has 1 amide bonds. The van der Waals surface area contributed by atoms with Crippen LogP contribution in [0.25, 0.3) is 33.6 Å². The van der Waals surface area contributed by atoms with E-state index in [1.165, 1.54) is 14.2 Å². The Morgan fingerprint density at radius 2 is 1.84 bits per heavy atom. The van der Waals surface area contributed by atoms with Gasteiger partial charge in [0.1, 0.15) is 11.8 Å². The minimum atomic E-state index is -0.696. The van der Waals surface area contributed by atoms with Crippen LogP contribution in [0.4, 0.5) is 0 Å². The van der Waals surface area contributed by atoms with Gasteiger partial charge in [0.25, 0.3) is 0 Å². The summed E-state index contributed by atoms with van der Waals surface area (Å²) in [6.07, 6.45) is 4.85. The lowest BCUT2D eigenvalue weighted by atomic mass is 9.99. The molecule has 258 valence electrons. The molecule has 0 unspecified atom stereocenters. The lowest BCUT2D eigenvalue weighted by molar-refractivity contribution is -0.143. The maximum atomic E-state index is 12.1. The van der Waals surface area contributed by atoms with Crippen LogP contribution in [0.3, 0.4) is 0 Å². The number of hydrogen-bond donors (Lipinski definition) is 4. The average Bonchev–Trinajstić information content (AvgIpc) is 3.54. The molecule has 0 bridgehead atoms. The van der Waals surface area contributed by atoms with Crippen molar-refractivity contribution in [2.75, 3.05) is 34.5 Å². The van der Waals surface area contributed by atoms with Crippen molar-refractivity contribution < 1.29 is 28.9 Å². The summed E-state index contributed by atoms with van der Waals surface area (Å²) >= 11 is 14.0. The Kier molecular flexibility index (Phi) is 12.4. The fourth-order valence-corrected chi connectivity index (χ4v) is 6.29. The summed E-state index contributed by atoms with van der Waals surface area (Å²) in [6.45, 7) is 1.21. The SMILES string of the molecule is COC(=O)[C@H](CCO)NCc1ncc(-c2nccc(-c3cccc(-c4ccc(CNC[C@H]5CCC(=O)N5)c(OC)n4)c3Cl)c2Cl)cc1OC. The molecule has 2 atom stereocenters. The van der Waals surface area contributed by atoms with Gasteiger partial charge in [0.15, 0.2) is 0 Å². The van der Waals surface area contributed by atoms with Crippen LogP contribution < -0.4 is 25.4 Å². The fraction of sp³-hybridized carbons (Fsp3) is 0.343. The number of amides is 1. The second-order valence-corrected chi connectivity index (χ2v) is 12.1. The van der Waals surface area contributed by atoms with Crippen molar-refractivity contribution in [2.24, 2.45) is 0 Å². The van der Waals surface area contributed by atoms with Crippen molar-refractivity contribution in [1.82, 2.24) is 30.9 Å². The zero-order chi connectivity index (χ0) is 34.9. The van der Waals surface area contributed by atoms with Crippen molar-refractivity contribution in [1.29, 1.82) is 0 Å². The third-order valence-electron chi connectivity index (χ3n) is 8.22. The van der Waals surface area contributed by atoms with Crippen LogP contribution in [-0.2, 0) is 27.4 Å². The molecule has 1 saturated heterocycles. The normalized spacial score (nSPS) is 14.7. The highest BCUT2D eigenvalue weighted by Gasteiger charge is 2.22. The molecule has 1 fully saturated rings. The number of ether oxygens (including phenoxy) is 3. The molecule has 4 heterocycles. The number of pyridine rings is 3. The molecule has 49 heavy (non-hydrogen) atoms. The number of methoxy groups -OCH3 is 3. The third kappa shape index (κ3) is 8.46. The number of hydrogen-bond acceptors (Lipinski definition) is 11. The Labute approximate surface area is 294 Å². The summed E-state index contributed by atoms with van der Waals surface area (Å²) in [6, 6.07) is 12.5. The lowest BCUT2D eigenvalue weighted by Crippen LogP contribution is -2.38. The first-order valence-electron chi connectivity index (χ1n) is 15.7. The molecule has 0 saturated carbocycles. The van der Waals surface area contributed by atoms with Gasteiger partial charge in [-0.1, -0.05) is 47.5 Å². The summed E-state index contributed by atoms with van der Waals surface area (Å²) in [5.74, 6) is 0.542. The Morgan fingerprint density at radius 1 is 1.04 bits per heavy atom. The maximum absolute atomic E-state index is 12.1. The summed E-state index contributed by atoms with van der Waals surface area (Å²) in [4.78, 5) is 37.4. The van der Waals surface area contributed by atoms with Gasteiger partial charge in [-0.3, -0.25) is 24.9 Å². The predicted octanol–water partition coefficient (Wildman–Crippen LogP) is 4.58. The van der Waals surface area contributed by atoms with Gasteiger partial charge in [-0.25, -0.2) is 4.98 Å². The van der Waals surface area contributed by atoms with Gasteiger partial charge in [0, 0.05) is 78.9 Å². The summed E-state index contributed by atoms with van der Waals surface area (Å²) in [5.41, 5.74) is 5.21. The van der Waals surface area contributed by atoms with Crippen LogP contribution in [-0.4, -0.2) is 78.5 Å². The fourth-order valence-electron chi connectivity index (χ4n) is 5.64. The molecular weight excluding hydrogens is 671 g/mol. The van der Waals surface area contributed by atoms with Gasteiger partial charge in [-0.2, -0.15) is 0 Å². The second-order valence-electron chi connectivity index (χ2n) is 11.3. The molecule has 1 aromatic carbocycles. The van der Waals surface area contributed by atoms with Crippen molar-refractivity contribution in [3.8, 4) is 45.3 Å². The van der Waals surface area contributed by atoms with E-state index in [9.17, 15) is 14.7 Å². The van der Waals surface area contributed by atoms with E-state index in [4.69, 9.17) is 42.4 Å². The number of benzene rings is 1. The maximum Gasteiger partial charge on any atom is 0.322 e. The van der Waals surface area contributed by atoms with E-state index < -0.39 is 12.0 Å². The van der Waals surface area contributed by atoms with E-state index in [0.717, 1.165) is 12.0 Å². The zero-order valence-corrected chi connectivity index (χ0v) is 28.9. The average molecular weight is 710 g/mol. The smallest absolute Gasteiger partial charge is 0.322 e. The highest BCUT2D eigenvalue weighted by Crippen LogP contribution is 2.42. The molecule has 5 rings (SSSR count). The van der Waals surface area contributed by atoms with Crippen LogP contribution in [0.1, 0.15) is 30.5 Å². The first-order valence-corrected chi connectivity index (χ1v) is 16.5. The number of aromatic nitrogens is 3. The van der Waals surface area contributed by atoms with Gasteiger partial charge in [0.2, 0.25) is 11.8 Å². The van der Waals surface area contributed by atoms with E-state index in [2.05, 4.69) is 25.9 Å². The van der Waals surface area contributed by atoms with Gasteiger partial charge >= 0.3 is 5.97 Å². The monoisotopic (exact) mass is 708 g/mol. The minimum absolute atomic E-state index is 0.0852. The number of carbonyl (C=O) groups excluding carboxylic acids is 2. The number of nitrogens with one attached hydrogen (secondary N) is 3.